The number of benzene rings is 1. The molecule has 1 heterocycles. The molecule has 3 nitrogen and oxygen atoms in total. The number of rotatable bonds is 9. The van der Waals surface area contributed by atoms with E-state index in [2.05, 4.69) is 6.58 Å². The Labute approximate surface area is 169 Å². The minimum Gasteiger partial charge on any atom is -0.380 e. The maximum absolute atomic E-state index is 14.0. The highest BCUT2D eigenvalue weighted by atomic mass is 19.1. The summed E-state index contributed by atoms with van der Waals surface area (Å²) < 4.78 is 31.1. The van der Waals surface area contributed by atoms with Crippen molar-refractivity contribution in [1.82, 2.24) is 0 Å². The molecule has 1 saturated heterocycles. The van der Waals surface area contributed by atoms with Gasteiger partial charge in [0.05, 0.1) is 19.8 Å². The zero-order chi connectivity index (χ0) is 19.8. The van der Waals surface area contributed by atoms with E-state index in [1.165, 1.54) is 25.7 Å². The molecule has 2 aliphatic rings. The van der Waals surface area contributed by atoms with Crippen molar-refractivity contribution in [2.45, 2.75) is 64.3 Å². The van der Waals surface area contributed by atoms with E-state index < -0.39 is 0 Å². The van der Waals surface area contributed by atoms with Crippen LogP contribution in [0.2, 0.25) is 0 Å². The normalized spacial score (nSPS) is 28.2. The van der Waals surface area contributed by atoms with E-state index in [-0.39, 0.29) is 12.1 Å². The fourth-order valence-corrected chi connectivity index (χ4v) is 4.49. The molecule has 28 heavy (non-hydrogen) atoms. The van der Waals surface area contributed by atoms with Crippen LogP contribution in [-0.2, 0) is 27.2 Å². The average Bonchev–Trinajstić information content (AvgIpc) is 2.73. The van der Waals surface area contributed by atoms with Crippen molar-refractivity contribution >= 4 is 0 Å². The van der Waals surface area contributed by atoms with Gasteiger partial charge < -0.3 is 14.2 Å². The van der Waals surface area contributed by atoms with Crippen LogP contribution in [0.25, 0.3) is 0 Å². The number of methoxy groups -OCH3 is 1. The minimum absolute atomic E-state index is 0.0108. The van der Waals surface area contributed by atoms with Crippen molar-refractivity contribution < 1.29 is 18.6 Å². The number of hydrogen-bond donors (Lipinski definition) is 0. The highest BCUT2D eigenvalue weighted by Crippen LogP contribution is 2.36. The van der Waals surface area contributed by atoms with E-state index in [4.69, 9.17) is 14.2 Å². The van der Waals surface area contributed by atoms with E-state index in [0.717, 1.165) is 50.4 Å². The Morgan fingerprint density at radius 2 is 1.86 bits per heavy atom. The molecule has 1 saturated carbocycles. The molecule has 1 aromatic carbocycles. The second kappa shape index (κ2) is 11.1. The van der Waals surface area contributed by atoms with Gasteiger partial charge in [-0.2, -0.15) is 0 Å². The number of allylic oxidation sites excluding steroid dienone is 1. The van der Waals surface area contributed by atoms with Crippen LogP contribution in [0.15, 0.2) is 30.9 Å². The van der Waals surface area contributed by atoms with Gasteiger partial charge in [0.15, 0.2) is 6.29 Å². The van der Waals surface area contributed by atoms with Gasteiger partial charge in [-0.15, -0.1) is 6.58 Å². The molecular formula is C24H35FO3. The maximum Gasteiger partial charge on any atom is 0.160 e. The van der Waals surface area contributed by atoms with Crippen molar-refractivity contribution in [2.75, 3.05) is 20.3 Å². The van der Waals surface area contributed by atoms with Crippen molar-refractivity contribution in [3.05, 3.63) is 47.8 Å². The predicted molar refractivity (Wildman–Crippen MR) is 109 cm³/mol. The number of hydrogen-bond acceptors (Lipinski definition) is 3. The van der Waals surface area contributed by atoms with Crippen LogP contribution >= 0.6 is 0 Å². The first-order chi connectivity index (χ1) is 13.7. The number of aryl methyl sites for hydroxylation is 1. The Hall–Kier alpha value is -1.23. The molecule has 0 atom stereocenters. The van der Waals surface area contributed by atoms with Gasteiger partial charge in [0.1, 0.15) is 5.82 Å². The second-order valence-electron chi connectivity index (χ2n) is 8.45. The largest absolute Gasteiger partial charge is 0.380 e. The molecule has 156 valence electrons. The summed E-state index contributed by atoms with van der Waals surface area (Å²) in [6, 6.07) is 5.56. The Bertz CT molecular complexity index is 602. The molecule has 1 aromatic rings. The van der Waals surface area contributed by atoms with Gasteiger partial charge in [-0.25, -0.2) is 4.39 Å². The second-order valence-corrected chi connectivity index (χ2v) is 8.45. The van der Waals surface area contributed by atoms with Crippen LogP contribution in [-0.4, -0.2) is 26.6 Å². The summed E-state index contributed by atoms with van der Waals surface area (Å²) in [5, 5.41) is 0. The Morgan fingerprint density at radius 3 is 2.50 bits per heavy atom. The zero-order valence-corrected chi connectivity index (χ0v) is 17.2. The average molecular weight is 391 g/mol. The van der Waals surface area contributed by atoms with Crippen molar-refractivity contribution in [3.8, 4) is 0 Å². The molecule has 0 spiro atoms. The third kappa shape index (κ3) is 6.13. The fourth-order valence-electron chi connectivity index (χ4n) is 4.49. The smallest absolute Gasteiger partial charge is 0.160 e. The highest BCUT2D eigenvalue weighted by Gasteiger charge is 2.32. The topological polar surface area (TPSA) is 27.7 Å². The molecule has 0 aromatic heterocycles. The van der Waals surface area contributed by atoms with Gasteiger partial charge in [-0.05, 0) is 68.9 Å². The van der Waals surface area contributed by atoms with Gasteiger partial charge in [0.25, 0.3) is 0 Å². The van der Waals surface area contributed by atoms with E-state index in [9.17, 15) is 4.39 Å². The Kier molecular flexibility index (Phi) is 8.50. The summed E-state index contributed by atoms with van der Waals surface area (Å²) in [6.45, 7) is 5.76. The van der Waals surface area contributed by atoms with Crippen LogP contribution < -0.4 is 0 Å². The van der Waals surface area contributed by atoms with Crippen molar-refractivity contribution in [1.29, 1.82) is 0 Å². The summed E-state index contributed by atoms with van der Waals surface area (Å²) in [4.78, 5) is 0. The molecule has 1 aliphatic carbocycles. The number of ether oxygens (including phenoxy) is 3. The summed E-state index contributed by atoms with van der Waals surface area (Å²) in [6.07, 6.45) is 11.0. The lowest BCUT2D eigenvalue weighted by molar-refractivity contribution is -0.229. The molecule has 4 heteroatoms. The highest BCUT2D eigenvalue weighted by molar-refractivity contribution is 5.24. The quantitative estimate of drug-likeness (QED) is 0.509. The third-order valence-corrected chi connectivity index (χ3v) is 6.31. The van der Waals surface area contributed by atoms with E-state index in [1.807, 2.05) is 18.2 Å². The number of halogens is 1. The van der Waals surface area contributed by atoms with Gasteiger partial charge in [-0.1, -0.05) is 18.2 Å². The Balaban J connectivity index is 1.37. The molecule has 2 fully saturated rings. The lowest BCUT2D eigenvalue weighted by Crippen LogP contribution is -2.38. The van der Waals surface area contributed by atoms with Crippen molar-refractivity contribution in [3.63, 3.8) is 0 Å². The molecule has 0 radical (unpaired) electrons. The van der Waals surface area contributed by atoms with Crippen LogP contribution in [0.5, 0.6) is 0 Å². The van der Waals surface area contributed by atoms with Gasteiger partial charge in [0, 0.05) is 24.5 Å². The summed E-state index contributed by atoms with van der Waals surface area (Å²) in [7, 11) is 1.59. The van der Waals surface area contributed by atoms with E-state index >= 15 is 0 Å². The van der Waals surface area contributed by atoms with Crippen LogP contribution in [0.3, 0.4) is 0 Å². The summed E-state index contributed by atoms with van der Waals surface area (Å²) >= 11 is 0. The molecule has 0 bridgehead atoms. The third-order valence-electron chi connectivity index (χ3n) is 6.31. The molecule has 1 aliphatic heterocycles. The van der Waals surface area contributed by atoms with E-state index in [0.29, 0.717) is 24.0 Å². The van der Waals surface area contributed by atoms with Crippen LogP contribution in [0.4, 0.5) is 4.39 Å². The molecule has 0 N–H and O–H groups in total. The molecular weight excluding hydrogens is 355 g/mol. The monoisotopic (exact) mass is 390 g/mol. The van der Waals surface area contributed by atoms with Gasteiger partial charge in [-0.3, -0.25) is 0 Å². The molecule has 0 unspecified atom stereocenters. The maximum atomic E-state index is 14.0. The first-order valence-electron chi connectivity index (χ1n) is 10.8. The fraction of sp³-hybridized carbons (Fsp3) is 0.667. The lowest BCUT2D eigenvalue weighted by Gasteiger charge is -2.37. The molecule has 0 amide bonds. The van der Waals surface area contributed by atoms with Crippen LogP contribution in [0, 0.1) is 23.6 Å². The van der Waals surface area contributed by atoms with Crippen molar-refractivity contribution in [2.24, 2.45) is 17.8 Å². The predicted octanol–water partition coefficient (Wildman–Crippen LogP) is 5.67. The van der Waals surface area contributed by atoms with Gasteiger partial charge >= 0.3 is 0 Å². The first kappa shape index (κ1) is 21.5. The molecule has 3 rings (SSSR count). The lowest BCUT2D eigenvalue weighted by atomic mass is 9.79. The Morgan fingerprint density at radius 1 is 1.11 bits per heavy atom. The van der Waals surface area contributed by atoms with Crippen LogP contribution in [0.1, 0.15) is 56.1 Å². The van der Waals surface area contributed by atoms with Gasteiger partial charge in [0.2, 0.25) is 0 Å². The van der Waals surface area contributed by atoms with E-state index in [1.54, 1.807) is 13.2 Å². The summed E-state index contributed by atoms with van der Waals surface area (Å²) in [5.74, 6) is 1.62. The minimum atomic E-state index is -0.152. The summed E-state index contributed by atoms with van der Waals surface area (Å²) in [5.41, 5.74) is 1.72. The standard InChI is InChI=1S/C24H35FO3/c1-3-4-5-20-15-27-24(28-16-20)21-11-8-18(9-12-21)6-7-19-10-13-22(17-26-2)23(25)14-19/h3,10,13-14,18,20-21,24H,1,4-9,11-12,15-17H2,2H3. The zero-order valence-electron chi connectivity index (χ0n) is 17.2. The SMILES string of the molecule is C=CCCC1COC(C2CCC(CCc3ccc(COC)c(F)c3)CC2)OC1. The first-order valence-corrected chi connectivity index (χ1v) is 10.8.